The molecule has 0 bridgehead atoms. The first kappa shape index (κ1) is 12.1. The molecular formula is C11H14F2O2. The lowest BCUT2D eigenvalue weighted by Crippen LogP contribution is -2.24. The zero-order chi connectivity index (χ0) is 11.5. The van der Waals surface area contributed by atoms with Crippen molar-refractivity contribution in [3.05, 3.63) is 35.4 Å². The molecule has 0 heterocycles. The summed E-state index contributed by atoms with van der Waals surface area (Å²) in [6.45, 7) is 1.72. The maximum absolute atomic E-state index is 13.3. The second kappa shape index (κ2) is 4.68. The smallest absolute Gasteiger partial charge is 0.129 e. The number of rotatable bonds is 4. The average Bonchev–Trinajstić information content (AvgIpc) is 2.18. The predicted molar refractivity (Wildman–Crippen MR) is 52.4 cm³/mol. The van der Waals surface area contributed by atoms with Crippen LogP contribution in [0.2, 0.25) is 0 Å². The van der Waals surface area contributed by atoms with E-state index in [1.165, 1.54) is 14.0 Å². The van der Waals surface area contributed by atoms with Gasteiger partial charge in [-0.1, -0.05) is 0 Å². The molecule has 0 radical (unpaired) electrons. The van der Waals surface area contributed by atoms with Crippen molar-refractivity contribution >= 4 is 0 Å². The van der Waals surface area contributed by atoms with Crippen LogP contribution >= 0.6 is 0 Å². The molecule has 0 aliphatic carbocycles. The van der Waals surface area contributed by atoms with Crippen LogP contribution in [-0.2, 0) is 10.3 Å². The lowest BCUT2D eigenvalue weighted by Gasteiger charge is -2.23. The molecule has 0 saturated heterocycles. The van der Waals surface area contributed by atoms with Gasteiger partial charge in [-0.05, 0) is 25.1 Å². The number of halogens is 2. The van der Waals surface area contributed by atoms with Gasteiger partial charge in [0.15, 0.2) is 0 Å². The second-order valence-corrected chi connectivity index (χ2v) is 3.64. The quantitative estimate of drug-likeness (QED) is 0.836. The Morgan fingerprint density at radius 2 is 2.07 bits per heavy atom. The van der Waals surface area contributed by atoms with Gasteiger partial charge in [-0.3, -0.25) is 0 Å². The maximum atomic E-state index is 13.3. The van der Waals surface area contributed by atoms with E-state index in [0.717, 1.165) is 18.2 Å². The third kappa shape index (κ3) is 2.97. The van der Waals surface area contributed by atoms with Gasteiger partial charge >= 0.3 is 0 Å². The van der Waals surface area contributed by atoms with E-state index in [1.807, 2.05) is 0 Å². The molecule has 1 N–H and O–H groups in total. The van der Waals surface area contributed by atoms with Crippen LogP contribution in [0.15, 0.2) is 18.2 Å². The van der Waals surface area contributed by atoms with Crippen LogP contribution in [-0.4, -0.2) is 18.8 Å². The molecule has 0 amide bonds. The van der Waals surface area contributed by atoms with Crippen LogP contribution in [0, 0.1) is 11.6 Å². The van der Waals surface area contributed by atoms with E-state index in [9.17, 15) is 13.9 Å². The van der Waals surface area contributed by atoms with E-state index in [-0.39, 0.29) is 18.6 Å². The zero-order valence-corrected chi connectivity index (χ0v) is 8.76. The summed E-state index contributed by atoms with van der Waals surface area (Å²) in [7, 11) is 1.48. The van der Waals surface area contributed by atoms with E-state index >= 15 is 0 Å². The number of benzene rings is 1. The van der Waals surface area contributed by atoms with Gasteiger partial charge in [-0.25, -0.2) is 8.78 Å². The van der Waals surface area contributed by atoms with Gasteiger partial charge in [0.05, 0.1) is 5.60 Å². The molecule has 0 aromatic heterocycles. The average molecular weight is 216 g/mol. The highest BCUT2D eigenvalue weighted by atomic mass is 19.1. The van der Waals surface area contributed by atoms with E-state index in [1.54, 1.807) is 0 Å². The number of hydrogen-bond donors (Lipinski definition) is 1. The fourth-order valence-electron chi connectivity index (χ4n) is 1.35. The normalized spacial score (nSPS) is 15.0. The van der Waals surface area contributed by atoms with Crippen LogP contribution < -0.4 is 0 Å². The van der Waals surface area contributed by atoms with Crippen LogP contribution in [0.3, 0.4) is 0 Å². The number of methoxy groups -OCH3 is 1. The molecule has 0 saturated carbocycles. The summed E-state index contributed by atoms with van der Waals surface area (Å²) in [6.07, 6.45) is 0.212. The Morgan fingerprint density at radius 1 is 1.40 bits per heavy atom. The van der Waals surface area contributed by atoms with Crippen LogP contribution in [0.1, 0.15) is 18.9 Å². The van der Waals surface area contributed by atoms with Crippen LogP contribution in [0.25, 0.3) is 0 Å². The van der Waals surface area contributed by atoms with E-state index < -0.39 is 17.2 Å². The largest absolute Gasteiger partial charge is 0.385 e. The van der Waals surface area contributed by atoms with E-state index in [2.05, 4.69) is 0 Å². The Hall–Kier alpha value is -1.00. The van der Waals surface area contributed by atoms with Crippen molar-refractivity contribution in [3.63, 3.8) is 0 Å². The molecule has 84 valence electrons. The van der Waals surface area contributed by atoms with Crippen molar-refractivity contribution in [1.29, 1.82) is 0 Å². The number of aliphatic hydroxyl groups is 1. The molecule has 1 aromatic carbocycles. The van der Waals surface area contributed by atoms with Gasteiger partial charge in [-0.2, -0.15) is 0 Å². The van der Waals surface area contributed by atoms with E-state index in [4.69, 9.17) is 4.74 Å². The first-order valence-corrected chi connectivity index (χ1v) is 4.64. The summed E-state index contributed by atoms with van der Waals surface area (Å²) in [6, 6.07) is 3.03. The fraction of sp³-hybridized carbons (Fsp3) is 0.455. The Morgan fingerprint density at radius 3 is 2.67 bits per heavy atom. The minimum Gasteiger partial charge on any atom is -0.385 e. The van der Waals surface area contributed by atoms with Gasteiger partial charge in [-0.15, -0.1) is 0 Å². The first-order chi connectivity index (χ1) is 6.97. The minimum atomic E-state index is -1.41. The molecule has 1 atom stereocenters. The number of hydrogen-bond acceptors (Lipinski definition) is 2. The highest BCUT2D eigenvalue weighted by Crippen LogP contribution is 2.27. The van der Waals surface area contributed by atoms with Gasteiger partial charge in [0.1, 0.15) is 11.6 Å². The zero-order valence-electron chi connectivity index (χ0n) is 8.76. The van der Waals surface area contributed by atoms with Crippen molar-refractivity contribution in [2.24, 2.45) is 0 Å². The molecule has 0 aliphatic heterocycles. The van der Waals surface area contributed by atoms with Crippen molar-refractivity contribution < 1.29 is 18.6 Å². The Kier molecular flexibility index (Phi) is 3.77. The molecule has 1 aromatic rings. The predicted octanol–water partition coefficient (Wildman–Crippen LogP) is 2.21. The molecular weight excluding hydrogens is 202 g/mol. The fourth-order valence-corrected chi connectivity index (χ4v) is 1.35. The van der Waals surface area contributed by atoms with Crippen LogP contribution in [0.4, 0.5) is 8.78 Å². The standard InChI is InChI=1S/C11H14F2O2/c1-11(14,5-6-15-2)9-7-8(12)3-4-10(9)13/h3-4,7,14H,5-6H2,1-2H3. The third-order valence-electron chi connectivity index (χ3n) is 2.30. The molecule has 0 aliphatic rings. The number of ether oxygens (including phenoxy) is 1. The van der Waals surface area contributed by atoms with Crippen molar-refractivity contribution in [1.82, 2.24) is 0 Å². The Labute approximate surface area is 87.5 Å². The Bertz CT molecular complexity index is 337. The first-order valence-electron chi connectivity index (χ1n) is 4.64. The maximum Gasteiger partial charge on any atom is 0.129 e. The molecule has 2 nitrogen and oxygen atoms in total. The highest BCUT2D eigenvalue weighted by Gasteiger charge is 2.26. The summed E-state index contributed by atoms with van der Waals surface area (Å²) < 4.78 is 31.0. The summed E-state index contributed by atoms with van der Waals surface area (Å²) in [4.78, 5) is 0. The second-order valence-electron chi connectivity index (χ2n) is 3.64. The SMILES string of the molecule is COCCC(C)(O)c1cc(F)ccc1F. The molecule has 15 heavy (non-hydrogen) atoms. The Balaban J connectivity index is 2.97. The minimum absolute atomic E-state index is 0.0421. The van der Waals surface area contributed by atoms with Crippen LogP contribution in [0.5, 0.6) is 0 Å². The highest BCUT2D eigenvalue weighted by molar-refractivity contribution is 5.24. The topological polar surface area (TPSA) is 29.5 Å². The van der Waals surface area contributed by atoms with Crippen molar-refractivity contribution in [2.45, 2.75) is 18.9 Å². The molecule has 1 unspecified atom stereocenters. The monoisotopic (exact) mass is 216 g/mol. The summed E-state index contributed by atoms with van der Waals surface area (Å²) >= 11 is 0. The molecule has 4 heteroatoms. The van der Waals surface area contributed by atoms with Gasteiger partial charge < -0.3 is 9.84 Å². The summed E-state index contributed by atoms with van der Waals surface area (Å²) in [5.74, 6) is -1.18. The van der Waals surface area contributed by atoms with Gasteiger partial charge in [0.25, 0.3) is 0 Å². The molecule has 1 rings (SSSR count). The van der Waals surface area contributed by atoms with Gasteiger partial charge in [0, 0.05) is 25.7 Å². The molecule has 0 fully saturated rings. The molecule has 0 spiro atoms. The summed E-state index contributed by atoms with van der Waals surface area (Å²) in [5, 5.41) is 9.94. The van der Waals surface area contributed by atoms with Crippen molar-refractivity contribution in [2.75, 3.05) is 13.7 Å². The third-order valence-corrected chi connectivity index (χ3v) is 2.30. The lowest BCUT2D eigenvalue weighted by atomic mass is 9.92. The van der Waals surface area contributed by atoms with Gasteiger partial charge in [0.2, 0.25) is 0 Å². The van der Waals surface area contributed by atoms with Crippen molar-refractivity contribution in [3.8, 4) is 0 Å². The van der Waals surface area contributed by atoms with E-state index in [0.29, 0.717) is 0 Å². The lowest BCUT2D eigenvalue weighted by molar-refractivity contribution is 0.0179. The summed E-state index contributed by atoms with van der Waals surface area (Å²) in [5.41, 5.74) is -1.46.